The van der Waals surface area contributed by atoms with Crippen molar-refractivity contribution in [3.8, 4) is 11.1 Å². The molecule has 0 spiro atoms. The van der Waals surface area contributed by atoms with Gasteiger partial charge in [-0.1, -0.05) is 87.1 Å². The highest BCUT2D eigenvalue weighted by atomic mass is 79.9. The first kappa shape index (κ1) is 13.2. The Morgan fingerprint density at radius 1 is 0.824 bits per heavy atom. The number of benzene rings is 2. The molecule has 0 amide bonds. The normalized spacial score (nSPS) is 11.5. The SMILES string of the molecule is ClC(Cl)(Cl)c1ccc(-c2cccc(Br)c2)cc1. The van der Waals surface area contributed by atoms with Gasteiger partial charge >= 0.3 is 0 Å². The minimum Gasteiger partial charge on any atom is -0.0784 e. The van der Waals surface area contributed by atoms with Crippen molar-refractivity contribution in [1.82, 2.24) is 0 Å². The van der Waals surface area contributed by atoms with E-state index in [1.807, 2.05) is 48.5 Å². The lowest BCUT2D eigenvalue weighted by molar-refractivity contribution is 1.24. The first-order chi connectivity index (χ1) is 7.97. The predicted octanol–water partition coefficient (Wildman–Crippen LogP) is 5.94. The minimum atomic E-state index is -1.37. The van der Waals surface area contributed by atoms with E-state index in [4.69, 9.17) is 34.8 Å². The summed E-state index contributed by atoms with van der Waals surface area (Å²) in [4.78, 5) is 0. The fraction of sp³-hybridized carbons (Fsp3) is 0.0769. The zero-order chi connectivity index (χ0) is 12.5. The summed E-state index contributed by atoms with van der Waals surface area (Å²) in [6, 6.07) is 15.6. The highest BCUT2D eigenvalue weighted by Crippen LogP contribution is 2.38. The molecular formula is C13H8BrCl3. The molecule has 88 valence electrons. The standard InChI is InChI=1S/C13H8BrCl3/c14-12-3-1-2-10(8-12)9-4-6-11(7-5-9)13(15,16)17/h1-8H. The molecule has 0 saturated heterocycles. The summed E-state index contributed by atoms with van der Waals surface area (Å²) in [6.07, 6.45) is 0. The van der Waals surface area contributed by atoms with Crippen molar-refractivity contribution in [3.63, 3.8) is 0 Å². The molecule has 0 aliphatic rings. The Kier molecular flexibility index (Phi) is 4.04. The summed E-state index contributed by atoms with van der Waals surface area (Å²) < 4.78 is -0.323. The number of halogens is 4. The quantitative estimate of drug-likeness (QED) is 0.558. The lowest BCUT2D eigenvalue weighted by Crippen LogP contribution is -1.98. The van der Waals surface area contributed by atoms with Gasteiger partial charge in [-0.05, 0) is 23.3 Å². The fourth-order valence-electron chi connectivity index (χ4n) is 1.52. The molecule has 2 aromatic carbocycles. The van der Waals surface area contributed by atoms with Crippen molar-refractivity contribution in [1.29, 1.82) is 0 Å². The molecule has 0 aromatic heterocycles. The van der Waals surface area contributed by atoms with E-state index < -0.39 is 3.79 Å². The second-order valence-corrected chi connectivity index (χ2v) is 6.78. The summed E-state index contributed by atoms with van der Waals surface area (Å²) in [5, 5.41) is 0. The number of rotatable bonds is 1. The molecule has 0 aliphatic carbocycles. The monoisotopic (exact) mass is 348 g/mol. The third-order valence-electron chi connectivity index (χ3n) is 2.37. The van der Waals surface area contributed by atoms with Gasteiger partial charge in [0.1, 0.15) is 0 Å². The van der Waals surface area contributed by atoms with Gasteiger partial charge in [-0.2, -0.15) is 0 Å². The van der Waals surface area contributed by atoms with Gasteiger partial charge in [0, 0.05) is 10.0 Å². The van der Waals surface area contributed by atoms with Crippen molar-refractivity contribution in [2.45, 2.75) is 3.79 Å². The Hall–Kier alpha value is -0.210. The Labute approximate surface area is 124 Å². The van der Waals surface area contributed by atoms with Crippen LogP contribution in [0.5, 0.6) is 0 Å². The summed E-state index contributed by atoms with van der Waals surface area (Å²) in [7, 11) is 0. The molecule has 0 N–H and O–H groups in total. The molecule has 0 saturated carbocycles. The second kappa shape index (κ2) is 5.19. The molecule has 0 bridgehead atoms. The van der Waals surface area contributed by atoms with E-state index in [1.54, 1.807) is 0 Å². The number of hydrogen-bond acceptors (Lipinski definition) is 0. The third kappa shape index (κ3) is 3.38. The van der Waals surface area contributed by atoms with E-state index in [1.165, 1.54) is 0 Å². The summed E-state index contributed by atoms with van der Waals surface area (Å²) >= 11 is 20.9. The van der Waals surface area contributed by atoms with E-state index in [0.717, 1.165) is 15.6 Å². The van der Waals surface area contributed by atoms with Crippen LogP contribution < -0.4 is 0 Å². The Morgan fingerprint density at radius 2 is 1.47 bits per heavy atom. The van der Waals surface area contributed by atoms with Crippen LogP contribution in [0.1, 0.15) is 5.56 Å². The van der Waals surface area contributed by atoms with Crippen LogP contribution in [-0.2, 0) is 3.79 Å². The molecule has 17 heavy (non-hydrogen) atoms. The molecule has 4 heteroatoms. The zero-order valence-corrected chi connectivity index (χ0v) is 12.5. The van der Waals surface area contributed by atoms with Gasteiger partial charge in [0.25, 0.3) is 0 Å². The lowest BCUT2D eigenvalue weighted by atomic mass is 10.0. The topological polar surface area (TPSA) is 0 Å². The first-order valence-electron chi connectivity index (χ1n) is 4.90. The fourth-order valence-corrected chi connectivity index (χ4v) is 2.30. The first-order valence-corrected chi connectivity index (χ1v) is 6.83. The van der Waals surface area contributed by atoms with Crippen LogP contribution in [0.25, 0.3) is 11.1 Å². The highest BCUT2D eigenvalue weighted by Gasteiger charge is 2.22. The van der Waals surface area contributed by atoms with E-state index in [9.17, 15) is 0 Å². The van der Waals surface area contributed by atoms with Crippen molar-refractivity contribution in [3.05, 3.63) is 58.6 Å². The second-order valence-electron chi connectivity index (χ2n) is 3.59. The molecule has 2 aromatic rings. The predicted molar refractivity (Wildman–Crippen MR) is 78.8 cm³/mol. The Balaban J connectivity index is 2.36. The van der Waals surface area contributed by atoms with Crippen LogP contribution in [-0.4, -0.2) is 0 Å². The molecule has 0 fully saturated rings. The van der Waals surface area contributed by atoms with E-state index in [-0.39, 0.29) is 0 Å². The number of alkyl halides is 3. The Bertz CT molecular complexity index is 515. The molecule has 0 heterocycles. The maximum atomic E-state index is 5.81. The van der Waals surface area contributed by atoms with Crippen molar-refractivity contribution >= 4 is 50.7 Å². The largest absolute Gasteiger partial charge is 0.216 e. The zero-order valence-electron chi connectivity index (χ0n) is 8.63. The molecule has 0 radical (unpaired) electrons. The lowest BCUT2D eigenvalue weighted by Gasteiger charge is -2.11. The molecule has 0 unspecified atom stereocenters. The van der Waals surface area contributed by atoms with Gasteiger partial charge in [0.05, 0.1) is 0 Å². The molecule has 0 atom stereocenters. The molecule has 2 rings (SSSR count). The molecule has 0 aliphatic heterocycles. The van der Waals surface area contributed by atoms with E-state index in [0.29, 0.717) is 5.56 Å². The van der Waals surface area contributed by atoms with Crippen molar-refractivity contribution in [2.75, 3.05) is 0 Å². The van der Waals surface area contributed by atoms with E-state index >= 15 is 0 Å². The van der Waals surface area contributed by atoms with Gasteiger partial charge in [-0.25, -0.2) is 0 Å². The molecular weight excluding hydrogens is 342 g/mol. The molecule has 0 nitrogen and oxygen atoms in total. The summed E-state index contributed by atoms with van der Waals surface area (Å²) in [5.74, 6) is 0. The minimum absolute atomic E-state index is 0.668. The van der Waals surface area contributed by atoms with Crippen molar-refractivity contribution in [2.24, 2.45) is 0 Å². The van der Waals surface area contributed by atoms with Crippen LogP contribution in [0.4, 0.5) is 0 Å². The van der Waals surface area contributed by atoms with Gasteiger partial charge in [0.2, 0.25) is 3.79 Å². The summed E-state index contributed by atoms with van der Waals surface area (Å²) in [6.45, 7) is 0. The Morgan fingerprint density at radius 3 is 2.00 bits per heavy atom. The van der Waals surface area contributed by atoms with Crippen LogP contribution in [0.15, 0.2) is 53.0 Å². The van der Waals surface area contributed by atoms with Crippen LogP contribution in [0.3, 0.4) is 0 Å². The van der Waals surface area contributed by atoms with Crippen LogP contribution >= 0.6 is 50.7 Å². The third-order valence-corrected chi connectivity index (χ3v) is 3.52. The number of hydrogen-bond donors (Lipinski definition) is 0. The highest BCUT2D eigenvalue weighted by molar-refractivity contribution is 9.10. The van der Waals surface area contributed by atoms with Gasteiger partial charge in [0.15, 0.2) is 0 Å². The maximum Gasteiger partial charge on any atom is 0.216 e. The van der Waals surface area contributed by atoms with Crippen LogP contribution in [0, 0.1) is 0 Å². The van der Waals surface area contributed by atoms with Gasteiger partial charge in [-0.3, -0.25) is 0 Å². The van der Waals surface area contributed by atoms with E-state index in [2.05, 4.69) is 15.9 Å². The summed E-state index contributed by atoms with van der Waals surface area (Å²) in [5.41, 5.74) is 2.88. The van der Waals surface area contributed by atoms with Gasteiger partial charge in [-0.15, -0.1) is 0 Å². The average molecular weight is 350 g/mol. The van der Waals surface area contributed by atoms with Gasteiger partial charge < -0.3 is 0 Å². The van der Waals surface area contributed by atoms with Crippen LogP contribution in [0.2, 0.25) is 0 Å². The maximum absolute atomic E-state index is 5.81. The smallest absolute Gasteiger partial charge is 0.0784 e. The average Bonchev–Trinajstić information content (AvgIpc) is 2.28. The van der Waals surface area contributed by atoms with Crippen molar-refractivity contribution < 1.29 is 0 Å².